The van der Waals surface area contributed by atoms with E-state index in [1.165, 1.54) is 18.2 Å². The molecule has 0 radical (unpaired) electrons. The molecule has 10 heteroatoms. The number of carbonyl (C=O) groups excluding carboxylic acids is 2. The minimum absolute atomic E-state index is 0.0164. The lowest BCUT2D eigenvalue weighted by atomic mass is 10.1. The molecule has 2 heterocycles. The maximum Gasteiger partial charge on any atom is 0.305 e. The molecule has 0 unspecified atom stereocenters. The van der Waals surface area contributed by atoms with Crippen molar-refractivity contribution in [3.8, 4) is 5.75 Å². The van der Waals surface area contributed by atoms with E-state index in [9.17, 15) is 19.7 Å². The number of nitrogens with zero attached hydrogens (tertiary/aromatic N) is 2. The van der Waals surface area contributed by atoms with Crippen LogP contribution in [-0.4, -0.2) is 29.8 Å². The Kier molecular flexibility index (Phi) is 6.53. The number of ether oxygens (including phenoxy) is 1. The lowest BCUT2D eigenvalue weighted by molar-refractivity contribution is -0.384. The molecule has 0 bridgehead atoms. The van der Waals surface area contributed by atoms with Gasteiger partial charge in [-0.05, 0) is 49.2 Å². The van der Waals surface area contributed by atoms with Crippen LogP contribution in [-0.2, 0) is 6.61 Å². The van der Waals surface area contributed by atoms with Crippen LogP contribution < -0.4 is 20.5 Å². The average molecular weight is 450 g/mol. The number of anilines is 1. The molecule has 0 atom stereocenters. The molecule has 33 heavy (non-hydrogen) atoms. The number of carbonyl (C=O) groups is 2. The van der Waals surface area contributed by atoms with Gasteiger partial charge in [0.25, 0.3) is 11.6 Å². The van der Waals surface area contributed by atoms with Crippen LogP contribution in [0.15, 0.2) is 65.1 Å². The highest BCUT2D eigenvalue weighted by Gasteiger charge is 2.24. The van der Waals surface area contributed by atoms with Gasteiger partial charge in [-0.3, -0.25) is 30.6 Å². The Bertz CT molecular complexity index is 1150. The van der Waals surface area contributed by atoms with Gasteiger partial charge in [-0.15, -0.1) is 0 Å². The van der Waals surface area contributed by atoms with Crippen LogP contribution >= 0.6 is 0 Å². The summed E-state index contributed by atoms with van der Waals surface area (Å²) < 4.78 is 11.0. The quantitative estimate of drug-likeness (QED) is 0.417. The van der Waals surface area contributed by atoms with Gasteiger partial charge in [-0.1, -0.05) is 18.2 Å². The van der Waals surface area contributed by atoms with Crippen molar-refractivity contribution in [1.29, 1.82) is 0 Å². The summed E-state index contributed by atoms with van der Waals surface area (Å²) in [6.45, 7) is 1.62. The van der Waals surface area contributed by atoms with Crippen molar-refractivity contribution >= 4 is 23.2 Å². The van der Waals surface area contributed by atoms with Crippen LogP contribution in [0.3, 0.4) is 0 Å². The van der Waals surface area contributed by atoms with Gasteiger partial charge in [0.15, 0.2) is 5.76 Å². The van der Waals surface area contributed by atoms with Crippen LogP contribution in [0.1, 0.15) is 39.5 Å². The molecule has 3 aromatic rings. The van der Waals surface area contributed by atoms with Crippen molar-refractivity contribution in [2.45, 2.75) is 19.4 Å². The fraction of sp³-hybridized carbons (Fsp3) is 0.217. The first-order chi connectivity index (χ1) is 16.0. The second-order valence-corrected chi connectivity index (χ2v) is 7.43. The molecule has 1 saturated heterocycles. The summed E-state index contributed by atoms with van der Waals surface area (Å²) in [5.74, 6) is -0.270. The van der Waals surface area contributed by atoms with Gasteiger partial charge in [0.05, 0.1) is 4.92 Å². The predicted molar refractivity (Wildman–Crippen MR) is 119 cm³/mol. The minimum atomic E-state index is -0.682. The Morgan fingerprint density at radius 2 is 1.73 bits per heavy atom. The van der Waals surface area contributed by atoms with Crippen LogP contribution in [0, 0.1) is 10.1 Å². The normalized spacial score (nSPS) is 12.9. The third-order valence-electron chi connectivity index (χ3n) is 5.18. The third kappa shape index (κ3) is 5.29. The zero-order valence-corrected chi connectivity index (χ0v) is 17.7. The standard InChI is InChI=1S/C23H22N4O6/c28-22(16-8-10-19(20(14-16)27(30)31)26-12-4-5-13-26)24-25-23(29)21-11-9-18(33-21)15-32-17-6-2-1-3-7-17/h1-3,6-11,14H,4-5,12-13,15H2,(H,24,28)(H,25,29). The monoisotopic (exact) mass is 450 g/mol. The lowest BCUT2D eigenvalue weighted by Gasteiger charge is -2.17. The molecule has 0 aliphatic carbocycles. The van der Waals surface area contributed by atoms with Crippen molar-refractivity contribution in [2.75, 3.05) is 18.0 Å². The topological polar surface area (TPSA) is 127 Å². The van der Waals surface area contributed by atoms with Crippen LogP contribution in [0.2, 0.25) is 0 Å². The molecule has 170 valence electrons. The number of hydrazine groups is 1. The summed E-state index contributed by atoms with van der Waals surface area (Å²) in [5.41, 5.74) is 4.90. The first-order valence-electron chi connectivity index (χ1n) is 10.4. The molecule has 1 aliphatic rings. The summed E-state index contributed by atoms with van der Waals surface area (Å²) in [4.78, 5) is 37.7. The van der Waals surface area contributed by atoms with Crippen molar-refractivity contribution in [3.63, 3.8) is 0 Å². The molecule has 2 amide bonds. The van der Waals surface area contributed by atoms with Crippen LogP contribution in [0.5, 0.6) is 5.75 Å². The van der Waals surface area contributed by atoms with Gasteiger partial charge in [0, 0.05) is 24.7 Å². The van der Waals surface area contributed by atoms with E-state index < -0.39 is 16.7 Å². The predicted octanol–water partition coefficient (Wildman–Crippen LogP) is 3.44. The zero-order chi connectivity index (χ0) is 23.2. The van der Waals surface area contributed by atoms with E-state index in [2.05, 4.69) is 10.9 Å². The molecule has 1 aromatic heterocycles. The lowest BCUT2D eigenvalue weighted by Crippen LogP contribution is -2.41. The number of rotatable bonds is 7. The summed E-state index contributed by atoms with van der Waals surface area (Å²) in [5, 5.41) is 11.5. The number of nitrogens with one attached hydrogen (secondary N) is 2. The molecule has 1 fully saturated rings. The van der Waals surface area contributed by atoms with Gasteiger partial charge in [-0.25, -0.2) is 0 Å². The highest BCUT2D eigenvalue weighted by molar-refractivity contribution is 5.98. The summed E-state index contributed by atoms with van der Waals surface area (Å²) in [6.07, 6.45) is 1.94. The summed E-state index contributed by atoms with van der Waals surface area (Å²) in [7, 11) is 0. The number of nitro benzene ring substituents is 1. The smallest absolute Gasteiger partial charge is 0.305 e. The molecule has 0 saturated carbocycles. The van der Waals surface area contributed by atoms with Crippen molar-refractivity contribution in [2.24, 2.45) is 0 Å². The summed E-state index contributed by atoms with van der Waals surface area (Å²) in [6, 6.07) is 16.5. The maximum atomic E-state index is 12.4. The first-order valence-corrected chi connectivity index (χ1v) is 10.4. The Hall–Kier alpha value is -4.34. The number of nitro groups is 1. The SMILES string of the molecule is O=C(NNC(=O)c1ccc(COc2ccccc2)o1)c1ccc(N2CCCC2)c([N+](=O)[O-])c1. The Morgan fingerprint density at radius 3 is 2.45 bits per heavy atom. The van der Waals surface area contributed by atoms with Crippen LogP contribution in [0.4, 0.5) is 11.4 Å². The third-order valence-corrected chi connectivity index (χ3v) is 5.18. The summed E-state index contributed by atoms with van der Waals surface area (Å²) >= 11 is 0. The van der Waals surface area contributed by atoms with Crippen molar-refractivity contribution in [3.05, 3.63) is 87.9 Å². The van der Waals surface area contributed by atoms with E-state index in [0.717, 1.165) is 25.9 Å². The largest absolute Gasteiger partial charge is 0.486 e. The molecule has 0 spiro atoms. The Morgan fingerprint density at radius 1 is 1.00 bits per heavy atom. The number of benzene rings is 2. The Balaban J connectivity index is 1.34. The highest BCUT2D eigenvalue weighted by atomic mass is 16.6. The average Bonchev–Trinajstić information content (AvgIpc) is 3.54. The van der Waals surface area contributed by atoms with Crippen LogP contribution in [0.25, 0.3) is 0 Å². The second-order valence-electron chi connectivity index (χ2n) is 7.43. The van der Waals surface area contributed by atoms with E-state index >= 15 is 0 Å². The van der Waals surface area contributed by atoms with E-state index in [0.29, 0.717) is 17.2 Å². The highest BCUT2D eigenvalue weighted by Crippen LogP contribution is 2.31. The van der Waals surface area contributed by atoms with E-state index in [4.69, 9.17) is 9.15 Å². The Labute approximate surface area is 189 Å². The zero-order valence-electron chi connectivity index (χ0n) is 17.7. The van der Waals surface area contributed by atoms with Gasteiger partial charge in [0.2, 0.25) is 0 Å². The molecule has 4 rings (SSSR count). The van der Waals surface area contributed by atoms with Crippen molar-refractivity contribution in [1.82, 2.24) is 10.9 Å². The van der Waals surface area contributed by atoms with Crippen molar-refractivity contribution < 1.29 is 23.7 Å². The number of hydrogen-bond acceptors (Lipinski definition) is 7. The fourth-order valence-electron chi connectivity index (χ4n) is 3.53. The van der Waals surface area contributed by atoms with Gasteiger partial charge in [-0.2, -0.15) is 0 Å². The van der Waals surface area contributed by atoms with Gasteiger partial charge in [0.1, 0.15) is 23.8 Å². The number of furan rings is 1. The number of amides is 2. The number of hydrogen-bond donors (Lipinski definition) is 2. The molecule has 1 aliphatic heterocycles. The molecular weight excluding hydrogens is 428 g/mol. The minimum Gasteiger partial charge on any atom is -0.486 e. The molecule has 2 N–H and O–H groups in total. The maximum absolute atomic E-state index is 12.4. The van der Waals surface area contributed by atoms with Gasteiger partial charge < -0.3 is 14.1 Å². The van der Waals surface area contributed by atoms with E-state index in [-0.39, 0.29) is 23.6 Å². The van der Waals surface area contributed by atoms with E-state index in [1.807, 2.05) is 23.1 Å². The van der Waals surface area contributed by atoms with E-state index in [1.54, 1.807) is 24.3 Å². The fourth-order valence-corrected chi connectivity index (χ4v) is 3.53. The molecule has 10 nitrogen and oxygen atoms in total. The first kappa shape index (κ1) is 21.9. The van der Waals surface area contributed by atoms with Gasteiger partial charge >= 0.3 is 5.91 Å². The molecular formula is C23H22N4O6. The molecule has 2 aromatic carbocycles. The second kappa shape index (κ2) is 9.86. The number of para-hydroxylation sites is 1.